The molecule has 0 atom stereocenters. The van der Waals surface area contributed by atoms with Crippen molar-refractivity contribution in [1.82, 2.24) is 0 Å². The molecule has 3 aromatic rings. The Labute approximate surface area is 203 Å². The monoisotopic (exact) mass is 482 g/mol. The van der Waals surface area contributed by atoms with Crippen molar-refractivity contribution < 1.29 is 13.5 Å². The van der Waals surface area contributed by atoms with Crippen LogP contribution in [0.5, 0.6) is 0 Å². The Morgan fingerprint density at radius 2 is 1.36 bits per heavy atom. The molecule has 3 aromatic carbocycles. The highest BCUT2D eigenvalue weighted by Gasteiger charge is 2.29. The van der Waals surface area contributed by atoms with Crippen LogP contribution in [0, 0.1) is 0 Å². The Kier molecular flexibility index (Phi) is 8.58. The van der Waals surface area contributed by atoms with E-state index in [0.717, 1.165) is 16.9 Å². The molecule has 0 aromatic heterocycles. The molecular formula is C26H27FN2O2S2. The maximum atomic E-state index is 12.9. The average Bonchev–Trinajstić information content (AvgIpc) is 2.81. The zero-order chi connectivity index (χ0) is 23.8. The Morgan fingerprint density at radius 3 is 1.94 bits per heavy atom. The molecule has 0 radical (unpaired) electrons. The lowest BCUT2D eigenvalue weighted by molar-refractivity contribution is -0.120. The average molecular weight is 483 g/mol. The zero-order valence-corrected chi connectivity index (χ0v) is 20.5. The van der Waals surface area contributed by atoms with Crippen LogP contribution < -0.4 is 10.6 Å². The van der Waals surface area contributed by atoms with Gasteiger partial charge in [0.25, 0.3) is 0 Å². The molecule has 172 valence electrons. The molecule has 33 heavy (non-hydrogen) atoms. The lowest BCUT2D eigenvalue weighted by Gasteiger charge is -2.24. The van der Waals surface area contributed by atoms with Gasteiger partial charge in [-0.3, -0.25) is 9.59 Å². The van der Waals surface area contributed by atoms with E-state index in [2.05, 4.69) is 17.6 Å². The number of carbonyl (C=O) groups excluding carboxylic acids is 2. The molecule has 0 spiro atoms. The number of halogens is 1. The fourth-order valence-corrected chi connectivity index (χ4v) is 4.14. The maximum absolute atomic E-state index is 12.9. The van der Waals surface area contributed by atoms with E-state index in [4.69, 9.17) is 0 Å². The second-order valence-corrected chi connectivity index (χ2v) is 10.0. The highest BCUT2D eigenvalue weighted by atomic mass is 32.2. The number of nitrogens with one attached hydrogen (secondary N) is 2. The summed E-state index contributed by atoms with van der Waals surface area (Å²) < 4.78 is 12.6. The van der Waals surface area contributed by atoms with Crippen molar-refractivity contribution in [3.63, 3.8) is 0 Å². The minimum atomic E-state index is -0.797. The molecule has 0 fully saturated rings. The normalized spacial score (nSPS) is 11.2. The molecular weight excluding hydrogens is 455 g/mol. The van der Waals surface area contributed by atoms with Crippen LogP contribution >= 0.6 is 23.9 Å². The lowest BCUT2D eigenvalue weighted by Crippen LogP contribution is -2.34. The summed E-state index contributed by atoms with van der Waals surface area (Å²) in [7, 11) is 0. The highest BCUT2D eigenvalue weighted by Crippen LogP contribution is 2.27. The predicted molar refractivity (Wildman–Crippen MR) is 137 cm³/mol. The molecule has 0 saturated heterocycles. The molecule has 0 heterocycles. The van der Waals surface area contributed by atoms with Gasteiger partial charge in [-0.15, -0.1) is 11.8 Å². The first-order valence-corrected chi connectivity index (χ1v) is 12.3. The van der Waals surface area contributed by atoms with Gasteiger partial charge in [0.05, 0.1) is 24.0 Å². The number of hydrogen-bond acceptors (Lipinski definition) is 4. The first kappa shape index (κ1) is 24.9. The number of amides is 2. The Balaban J connectivity index is 1.59. The Hall–Kier alpha value is -2.77. The van der Waals surface area contributed by atoms with Gasteiger partial charge >= 0.3 is 0 Å². The molecule has 2 amide bonds. The van der Waals surface area contributed by atoms with Crippen molar-refractivity contribution in [3.05, 3.63) is 83.9 Å². The smallest absolute Gasteiger partial charge is 0.234 e. The summed E-state index contributed by atoms with van der Waals surface area (Å²) in [6.07, 6.45) is 0.298. The summed E-state index contributed by atoms with van der Waals surface area (Å²) in [5.74, 6) is 0.747. The zero-order valence-electron chi connectivity index (χ0n) is 18.9. The van der Waals surface area contributed by atoms with Crippen molar-refractivity contribution in [1.29, 1.82) is 0 Å². The van der Waals surface area contributed by atoms with Crippen LogP contribution in [0.3, 0.4) is 0 Å². The first-order chi connectivity index (χ1) is 15.8. The topological polar surface area (TPSA) is 58.2 Å². The number of hydrogen-bond donors (Lipinski definition) is 2. The van der Waals surface area contributed by atoms with Crippen molar-refractivity contribution in [2.24, 2.45) is 0 Å². The molecule has 0 unspecified atom stereocenters. The molecule has 0 saturated carbocycles. The number of carbonyl (C=O) groups is 2. The minimum absolute atomic E-state index is 0.0921. The van der Waals surface area contributed by atoms with Gasteiger partial charge in [0.15, 0.2) is 0 Å². The summed E-state index contributed by atoms with van der Waals surface area (Å²) in [4.78, 5) is 27.0. The summed E-state index contributed by atoms with van der Waals surface area (Å²) >= 11 is 1.93. The number of benzene rings is 3. The van der Waals surface area contributed by atoms with Gasteiger partial charge in [0, 0.05) is 21.2 Å². The molecule has 0 bridgehead atoms. The lowest BCUT2D eigenvalue weighted by atomic mass is 9.83. The van der Waals surface area contributed by atoms with Crippen LogP contribution in [0.25, 0.3) is 0 Å². The number of anilines is 2. The fourth-order valence-electron chi connectivity index (χ4n) is 3.24. The van der Waals surface area contributed by atoms with E-state index < -0.39 is 5.41 Å². The van der Waals surface area contributed by atoms with E-state index >= 15 is 0 Å². The Bertz CT molecular complexity index is 1080. The van der Waals surface area contributed by atoms with Crippen LogP contribution in [0.1, 0.15) is 31.9 Å². The standard InChI is InChI=1S/C26H27FN2O2S2/c1-4-32-22-13-5-18(6-14-22)17-24(30)28-20-9-7-19(8-10-20)26(2,3)25(31)29-21-11-15-23(33-27)16-12-21/h5-16H,4,17H2,1-3H3,(H,28,30)(H,29,31). The van der Waals surface area contributed by atoms with Crippen LogP contribution in [0.2, 0.25) is 0 Å². The molecule has 3 rings (SSSR count). The molecule has 0 aliphatic carbocycles. The third-order valence-corrected chi connectivity index (χ3v) is 6.60. The quantitative estimate of drug-likeness (QED) is 0.327. The highest BCUT2D eigenvalue weighted by molar-refractivity contribution is 7.99. The fraction of sp³-hybridized carbons (Fsp3) is 0.231. The summed E-state index contributed by atoms with van der Waals surface area (Å²) in [5, 5.41) is 5.79. The summed E-state index contributed by atoms with van der Waals surface area (Å²) in [6, 6.07) is 21.9. The van der Waals surface area contributed by atoms with Crippen LogP contribution in [0.15, 0.2) is 82.6 Å². The van der Waals surface area contributed by atoms with Crippen molar-refractivity contribution in [2.45, 2.75) is 42.4 Å². The van der Waals surface area contributed by atoms with Crippen LogP contribution in [-0.4, -0.2) is 17.6 Å². The third kappa shape index (κ3) is 6.85. The molecule has 2 N–H and O–H groups in total. The van der Waals surface area contributed by atoms with Gasteiger partial charge in [-0.05, 0) is 79.3 Å². The predicted octanol–water partition coefficient (Wildman–Crippen LogP) is 6.87. The second-order valence-electron chi connectivity index (χ2n) is 8.06. The summed E-state index contributed by atoms with van der Waals surface area (Å²) in [6.45, 7) is 5.78. The van der Waals surface area contributed by atoms with E-state index in [9.17, 15) is 13.5 Å². The Morgan fingerprint density at radius 1 is 0.818 bits per heavy atom. The molecule has 0 aliphatic rings. The van der Waals surface area contributed by atoms with Crippen molar-refractivity contribution in [3.8, 4) is 0 Å². The van der Waals surface area contributed by atoms with Gasteiger partial charge in [0.1, 0.15) is 0 Å². The maximum Gasteiger partial charge on any atom is 0.234 e. The molecule has 0 aliphatic heterocycles. The third-order valence-electron chi connectivity index (χ3n) is 5.26. The summed E-state index contributed by atoms with van der Waals surface area (Å²) in [5.41, 5.74) is 2.26. The van der Waals surface area contributed by atoms with Crippen molar-refractivity contribution >= 4 is 47.1 Å². The van der Waals surface area contributed by atoms with E-state index in [1.165, 1.54) is 4.90 Å². The molecule has 4 nitrogen and oxygen atoms in total. The largest absolute Gasteiger partial charge is 0.326 e. The minimum Gasteiger partial charge on any atom is -0.326 e. The van der Waals surface area contributed by atoms with Gasteiger partial charge in [-0.2, -0.15) is 3.89 Å². The molecule has 7 heteroatoms. The van der Waals surface area contributed by atoms with Gasteiger partial charge in [-0.25, -0.2) is 0 Å². The number of rotatable bonds is 9. The van der Waals surface area contributed by atoms with E-state index in [0.29, 0.717) is 22.7 Å². The van der Waals surface area contributed by atoms with Crippen LogP contribution in [0.4, 0.5) is 15.3 Å². The van der Waals surface area contributed by atoms with E-state index in [1.54, 1.807) is 48.2 Å². The first-order valence-electron chi connectivity index (χ1n) is 10.6. The number of thioether (sulfide) groups is 1. The van der Waals surface area contributed by atoms with Crippen molar-refractivity contribution in [2.75, 3.05) is 16.4 Å². The second kappa shape index (κ2) is 11.4. The van der Waals surface area contributed by atoms with Gasteiger partial charge < -0.3 is 10.6 Å². The van der Waals surface area contributed by atoms with Gasteiger partial charge in [0.2, 0.25) is 11.8 Å². The van der Waals surface area contributed by atoms with Gasteiger partial charge in [-0.1, -0.05) is 31.2 Å². The SMILES string of the molecule is CCSc1ccc(CC(=O)Nc2ccc(C(C)(C)C(=O)Nc3ccc(SF)cc3)cc2)cc1. The van der Waals surface area contributed by atoms with E-state index in [1.807, 2.05) is 50.2 Å². The van der Waals surface area contributed by atoms with E-state index in [-0.39, 0.29) is 24.0 Å². The van der Waals surface area contributed by atoms with Crippen LogP contribution in [-0.2, 0) is 21.4 Å².